The van der Waals surface area contributed by atoms with Gasteiger partial charge in [-0.1, -0.05) is 73.9 Å². The minimum atomic E-state index is 0.107. The SMILES string of the molecule is C[C@H]1[C@H](C(=O)c2ccc(-c3ccccc3)cc2)N1C1CCCCC1. The van der Waals surface area contributed by atoms with Gasteiger partial charge in [-0.3, -0.25) is 9.69 Å². The minimum Gasteiger partial charge on any atom is -0.292 e. The van der Waals surface area contributed by atoms with Crippen LogP contribution in [-0.2, 0) is 0 Å². The van der Waals surface area contributed by atoms with Gasteiger partial charge in [0, 0.05) is 17.6 Å². The van der Waals surface area contributed by atoms with Crippen molar-refractivity contribution in [3.63, 3.8) is 0 Å². The Hall–Kier alpha value is -1.93. The summed E-state index contributed by atoms with van der Waals surface area (Å²) in [6.45, 7) is 2.20. The molecule has 1 saturated carbocycles. The molecule has 2 heteroatoms. The van der Waals surface area contributed by atoms with E-state index in [0.29, 0.717) is 17.9 Å². The molecule has 2 aromatic carbocycles. The predicted molar refractivity (Wildman–Crippen MR) is 98.2 cm³/mol. The summed E-state index contributed by atoms with van der Waals surface area (Å²) in [5.74, 6) is 0.299. The van der Waals surface area contributed by atoms with Crippen LogP contribution in [0.3, 0.4) is 0 Å². The molecule has 0 radical (unpaired) electrons. The van der Waals surface area contributed by atoms with E-state index in [0.717, 1.165) is 5.56 Å². The molecule has 2 nitrogen and oxygen atoms in total. The van der Waals surface area contributed by atoms with Crippen LogP contribution < -0.4 is 0 Å². The summed E-state index contributed by atoms with van der Waals surface area (Å²) >= 11 is 0. The van der Waals surface area contributed by atoms with Gasteiger partial charge in [-0.2, -0.15) is 0 Å². The van der Waals surface area contributed by atoms with Crippen molar-refractivity contribution in [2.45, 2.75) is 57.2 Å². The highest BCUT2D eigenvalue weighted by molar-refractivity contribution is 6.02. The normalized spacial score (nSPS) is 27.0. The molecule has 3 atom stereocenters. The summed E-state index contributed by atoms with van der Waals surface area (Å²) in [4.78, 5) is 15.3. The van der Waals surface area contributed by atoms with E-state index in [1.807, 2.05) is 30.3 Å². The largest absolute Gasteiger partial charge is 0.292 e. The van der Waals surface area contributed by atoms with E-state index in [1.165, 1.54) is 43.2 Å². The first-order chi connectivity index (χ1) is 11.8. The fraction of sp³-hybridized carbons (Fsp3) is 0.409. The molecule has 0 spiro atoms. The molecule has 4 rings (SSSR count). The number of hydrogen-bond donors (Lipinski definition) is 0. The topological polar surface area (TPSA) is 20.1 Å². The summed E-state index contributed by atoms with van der Waals surface area (Å²) in [6, 6.07) is 19.6. The molecule has 2 aromatic rings. The second-order valence-corrected chi connectivity index (χ2v) is 7.23. The lowest BCUT2D eigenvalue weighted by Gasteiger charge is -2.23. The molecule has 1 unspecified atom stereocenters. The number of carbonyl (C=O) groups is 1. The van der Waals surface area contributed by atoms with Crippen molar-refractivity contribution in [3.05, 3.63) is 60.2 Å². The second kappa shape index (κ2) is 6.52. The van der Waals surface area contributed by atoms with Crippen molar-refractivity contribution in [3.8, 4) is 11.1 Å². The Balaban J connectivity index is 1.47. The van der Waals surface area contributed by atoms with Crippen molar-refractivity contribution in [1.82, 2.24) is 4.90 Å². The fourth-order valence-electron chi connectivity index (χ4n) is 4.29. The van der Waals surface area contributed by atoms with Crippen molar-refractivity contribution < 1.29 is 4.79 Å². The molecular formula is C22H25NO. The van der Waals surface area contributed by atoms with Crippen molar-refractivity contribution in [1.29, 1.82) is 0 Å². The maximum absolute atomic E-state index is 12.9. The first-order valence-corrected chi connectivity index (χ1v) is 9.23. The predicted octanol–water partition coefficient (Wildman–Crippen LogP) is 4.94. The van der Waals surface area contributed by atoms with Crippen LogP contribution in [0.1, 0.15) is 49.4 Å². The molecule has 1 saturated heterocycles. The van der Waals surface area contributed by atoms with Gasteiger partial charge >= 0.3 is 0 Å². The van der Waals surface area contributed by atoms with Crippen LogP contribution in [0, 0.1) is 0 Å². The van der Waals surface area contributed by atoms with Crippen molar-refractivity contribution in [2.24, 2.45) is 0 Å². The number of ketones is 1. The van der Waals surface area contributed by atoms with Crippen LogP contribution in [0.2, 0.25) is 0 Å². The maximum atomic E-state index is 12.9. The van der Waals surface area contributed by atoms with Gasteiger partial charge in [0.1, 0.15) is 0 Å². The zero-order valence-electron chi connectivity index (χ0n) is 14.3. The lowest BCUT2D eigenvalue weighted by molar-refractivity contribution is 0.0963. The maximum Gasteiger partial charge on any atom is 0.181 e. The molecule has 0 bridgehead atoms. The fourth-order valence-corrected chi connectivity index (χ4v) is 4.29. The third kappa shape index (κ3) is 2.91. The van der Waals surface area contributed by atoms with Crippen molar-refractivity contribution >= 4 is 5.78 Å². The van der Waals surface area contributed by atoms with Gasteiger partial charge in [0.15, 0.2) is 5.78 Å². The molecule has 1 aliphatic carbocycles. The van der Waals surface area contributed by atoms with E-state index >= 15 is 0 Å². The van der Waals surface area contributed by atoms with E-state index in [2.05, 4.69) is 36.1 Å². The van der Waals surface area contributed by atoms with Crippen molar-refractivity contribution in [2.75, 3.05) is 0 Å². The van der Waals surface area contributed by atoms with Crippen LogP contribution in [0.25, 0.3) is 11.1 Å². The first-order valence-electron chi connectivity index (χ1n) is 9.23. The number of nitrogens with zero attached hydrogens (tertiary/aromatic N) is 1. The van der Waals surface area contributed by atoms with Crippen LogP contribution in [0.4, 0.5) is 0 Å². The Morgan fingerprint density at radius 2 is 1.50 bits per heavy atom. The zero-order valence-corrected chi connectivity index (χ0v) is 14.3. The summed E-state index contributed by atoms with van der Waals surface area (Å²) < 4.78 is 0. The van der Waals surface area contributed by atoms with Gasteiger partial charge in [0.25, 0.3) is 0 Å². The van der Waals surface area contributed by atoms with Crippen LogP contribution in [-0.4, -0.2) is 28.8 Å². The van der Waals surface area contributed by atoms with Crippen LogP contribution >= 0.6 is 0 Å². The highest BCUT2D eigenvalue weighted by atomic mass is 16.1. The van der Waals surface area contributed by atoms with Gasteiger partial charge in [0.2, 0.25) is 0 Å². The Kier molecular flexibility index (Phi) is 4.24. The molecule has 0 amide bonds. The molecule has 1 aliphatic heterocycles. The number of benzene rings is 2. The van der Waals surface area contributed by atoms with Gasteiger partial charge < -0.3 is 0 Å². The summed E-state index contributed by atoms with van der Waals surface area (Å²) in [5.41, 5.74) is 3.21. The van der Waals surface area contributed by atoms with Gasteiger partial charge in [-0.05, 0) is 30.9 Å². The summed E-state index contributed by atoms with van der Waals surface area (Å²) in [6.07, 6.45) is 6.53. The molecule has 124 valence electrons. The standard InChI is InChI=1S/C22H25NO/c1-16-21(23(16)20-10-6-3-7-11-20)22(24)19-14-12-18(13-15-19)17-8-4-2-5-9-17/h2,4-5,8-9,12-16,20-21H,3,6-7,10-11H2,1H3/t16-,21+,23?/m0/s1. The number of carbonyl (C=O) groups excluding carboxylic acids is 1. The average molecular weight is 319 g/mol. The quantitative estimate of drug-likeness (QED) is 0.587. The summed E-state index contributed by atoms with van der Waals surface area (Å²) in [7, 11) is 0. The summed E-state index contributed by atoms with van der Waals surface area (Å²) in [5, 5.41) is 0. The lowest BCUT2D eigenvalue weighted by Crippen LogP contribution is -2.26. The molecular weight excluding hydrogens is 294 g/mol. The Bertz CT molecular complexity index is 701. The molecule has 2 fully saturated rings. The molecule has 0 N–H and O–H groups in total. The Morgan fingerprint density at radius 3 is 2.17 bits per heavy atom. The average Bonchev–Trinajstić information content (AvgIpc) is 3.33. The van der Waals surface area contributed by atoms with E-state index in [1.54, 1.807) is 0 Å². The Morgan fingerprint density at radius 1 is 0.875 bits per heavy atom. The lowest BCUT2D eigenvalue weighted by atomic mass is 9.95. The van der Waals surface area contributed by atoms with Gasteiger partial charge in [-0.25, -0.2) is 0 Å². The van der Waals surface area contributed by atoms with E-state index in [-0.39, 0.29) is 6.04 Å². The van der Waals surface area contributed by atoms with E-state index < -0.39 is 0 Å². The number of hydrogen-bond acceptors (Lipinski definition) is 2. The first kappa shape index (κ1) is 15.6. The minimum absolute atomic E-state index is 0.107. The monoisotopic (exact) mass is 319 g/mol. The van der Waals surface area contributed by atoms with Gasteiger partial charge in [0.05, 0.1) is 6.04 Å². The number of Topliss-reactive ketones (excluding diaryl/α,β-unsaturated/α-hetero) is 1. The highest BCUT2D eigenvalue weighted by Gasteiger charge is 2.52. The molecule has 0 aromatic heterocycles. The second-order valence-electron chi connectivity index (χ2n) is 7.23. The third-order valence-corrected chi connectivity index (χ3v) is 5.70. The molecule has 2 aliphatic rings. The molecule has 1 heterocycles. The van der Waals surface area contributed by atoms with Crippen LogP contribution in [0.15, 0.2) is 54.6 Å². The third-order valence-electron chi connectivity index (χ3n) is 5.70. The number of rotatable bonds is 4. The van der Waals surface area contributed by atoms with E-state index in [9.17, 15) is 4.79 Å². The molecule has 24 heavy (non-hydrogen) atoms. The van der Waals surface area contributed by atoms with Crippen LogP contribution in [0.5, 0.6) is 0 Å². The zero-order chi connectivity index (χ0) is 16.5. The smallest absolute Gasteiger partial charge is 0.181 e. The Labute approximate surface area is 144 Å². The van der Waals surface area contributed by atoms with Gasteiger partial charge in [-0.15, -0.1) is 0 Å². The highest BCUT2D eigenvalue weighted by Crippen LogP contribution is 2.38. The van der Waals surface area contributed by atoms with E-state index in [4.69, 9.17) is 0 Å².